The maximum absolute atomic E-state index is 5.39. The van der Waals surface area contributed by atoms with Crippen molar-refractivity contribution in [1.82, 2.24) is 4.90 Å². The molecule has 1 aliphatic heterocycles. The van der Waals surface area contributed by atoms with Crippen LogP contribution in [0.15, 0.2) is 0 Å². The van der Waals surface area contributed by atoms with Gasteiger partial charge in [-0.25, -0.2) is 0 Å². The molecule has 0 unspecified atom stereocenters. The van der Waals surface area contributed by atoms with Gasteiger partial charge in [0.2, 0.25) is 0 Å². The molecule has 0 amide bonds. The Kier molecular flexibility index (Phi) is 2.16. The maximum Gasteiger partial charge on any atom is 0.0594 e. The summed E-state index contributed by atoms with van der Waals surface area (Å²) in [4.78, 5) is 2.65. The van der Waals surface area contributed by atoms with Crippen molar-refractivity contribution in [2.75, 3.05) is 26.3 Å². The number of morpholine rings is 1. The summed E-state index contributed by atoms with van der Waals surface area (Å²) in [6, 6.07) is 0. The van der Waals surface area contributed by atoms with Crippen molar-refractivity contribution in [2.45, 2.75) is 39.2 Å². The van der Waals surface area contributed by atoms with Crippen LogP contribution < -0.4 is 0 Å². The molecule has 0 aromatic rings. The van der Waals surface area contributed by atoms with Gasteiger partial charge in [-0.3, -0.25) is 4.90 Å². The van der Waals surface area contributed by atoms with Gasteiger partial charge in [-0.15, -0.1) is 0 Å². The van der Waals surface area contributed by atoms with E-state index in [1.165, 1.54) is 12.8 Å². The molecule has 1 saturated heterocycles. The summed E-state index contributed by atoms with van der Waals surface area (Å²) in [6.45, 7) is 11.2. The van der Waals surface area contributed by atoms with Crippen molar-refractivity contribution in [2.24, 2.45) is 5.41 Å². The Morgan fingerprint density at radius 3 is 2.00 bits per heavy atom. The molecule has 0 aromatic carbocycles. The Bertz CT molecular complexity index is 185. The molecule has 76 valence electrons. The Morgan fingerprint density at radius 1 is 1.08 bits per heavy atom. The molecule has 0 spiro atoms. The van der Waals surface area contributed by atoms with Gasteiger partial charge in [0.05, 0.1) is 13.2 Å². The summed E-state index contributed by atoms with van der Waals surface area (Å²) in [6.07, 6.45) is 2.77. The van der Waals surface area contributed by atoms with E-state index in [0.29, 0.717) is 11.0 Å². The SMILES string of the molecule is CC(C)(C)C1(N2CCOCC2)CC1. The van der Waals surface area contributed by atoms with Crippen LogP contribution in [0.3, 0.4) is 0 Å². The standard InChI is InChI=1S/C11H21NO/c1-10(2,3)11(4-5-11)12-6-8-13-9-7-12/h4-9H2,1-3H3. The highest BCUT2D eigenvalue weighted by Crippen LogP contribution is 2.54. The van der Waals surface area contributed by atoms with E-state index >= 15 is 0 Å². The predicted molar refractivity (Wildman–Crippen MR) is 53.8 cm³/mol. The van der Waals surface area contributed by atoms with Crippen LogP contribution in [-0.2, 0) is 4.74 Å². The van der Waals surface area contributed by atoms with Crippen LogP contribution in [0, 0.1) is 5.41 Å². The lowest BCUT2D eigenvalue weighted by Gasteiger charge is -2.43. The van der Waals surface area contributed by atoms with Crippen LogP contribution in [0.25, 0.3) is 0 Å². The average molecular weight is 183 g/mol. The third-order valence-electron chi connectivity index (χ3n) is 3.74. The van der Waals surface area contributed by atoms with E-state index in [-0.39, 0.29) is 0 Å². The van der Waals surface area contributed by atoms with Crippen LogP contribution in [0.2, 0.25) is 0 Å². The highest BCUT2D eigenvalue weighted by Gasteiger charge is 2.55. The number of hydrogen-bond donors (Lipinski definition) is 0. The normalized spacial score (nSPS) is 28.8. The largest absolute Gasteiger partial charge is 0.379 e. The fourth-order valence-corrected chi connectivity index (χ4v) is 2.65. The summed E-state index contributed by atoms with van der Waals surface area (Å²) in [7, 11) is 0. The predicted octanol–water partition coefficient (Wildman–Crippen LogP) is 1.90. The first kappa shape index (κ1) is 9.47. The minimum Gasteiger partial charge on any atom is -0.379 e. The van der Waals surface area contributed by atoms with Gasteiger partial charge in [0.25, 0.3) is 0 Å². The minimum atomic E-state index is 0.435. The van der Waals surface area contributed by atoms with E-state index in [1.54, 1.807) is 0 Å². The first-order chi connectivity index (χ1) is 6.06. The van der Waals surface area contributed by atoms with Crippen LogP contribution in [0.1, 0.15) is 33.6 Å². The minimum absolute atomic E-state index is 0.435. The second kappa shape index (κ2) is 2.96. The van der Waals surface area contributed by atoms with Crippen molar-refractivity contribution in [1.29, 1.82) is 0 Å². The lowest BCUT2D eigenvalue weighted by Crippen LogP contribution is -2.51. The molecule has 0 atom stereocenters. The van der Waals surface area contributed by atoms with Crippen molar-refractivity contribution in [3.8, 4) is 0 Å². The third kappa shape index (κ3) is 1.50. The average Bonchev–Trinajstić information content (AvgIpc) is 2.84. The van der Waals surface area contributed by atoms with E-state index in [9.17, 15) is 0 Å². The van der Waals surface area contributed by atoms with Gasteiger partial charge in [-0.1, -0.05) is 20.8 Å². The maximum atomic E-state index is 5.39. The zero-order valence-electron chi connectivity index (χ0n) is 9.10. The number of nitrogens with zero attached hydrogens (tertiary/aromatic N) is 1. The van der Waals surface area contributed by atoms with Gasteiger partial charge in [0, 0.05) is 18.6 Å². The first-order valence-electron chi connectivity index (χ1n) is 5.39. The monoisotopic (exact) mass is 183 g/mol. The smallest absolute Gasteiger partial charge is 0.0594 e. The van der Waals surface area contributed by atoms with Gasteiger partial charge in [0.15, 0.2) is 0 Å². The molecule has 0 N–H and O–H groups in total. The molecule has 1 aliphatic carbocycles. The van der Waals surface area contributed by atoms with Crippen LogP contribution in [0.4, 0.5) is 0 Å². The van der Waals surface area contributed by atoms with Crippen LogP contribution in [0.5, 0.6) is 0 Å². The molecule has 13 heavy (non-hydrogen) atoms. The van der Waals surface area contributed by atoms with Crippen molar-refractivity contribution in [3.63, 3.8) is 0 Å². The van der Waals surface area contributed by atoms with Gasteiger partial charge < -0.3 is 4.74 Å². The molecule has 2 heteroatoms. The molecule has 2 fully saturated rings. The Morgan fingerprint density at radius 2 is 1.62 bits per heavy atom. The van der Waals surface area contributed by atoms with Crippen molar-refractivity contribution < 1.29 is 4.74 Å². The second-order valence-electron chi connectivity index (χ2n) is 5.38. The van der Waals surface area contributed by atoms with Crippen LogP contribution >= 0.6 is 0 Å². The first-order valence-corrected chi connectivity index (χ1v) is 5.39. The van der Waals surface area contributed by atoms with Gasteiger partial charge in [-0.2, -0.15) is 0 Å². The zero-order valence-corrected chi connectivity index (χ0v) is 9.10. The molecule has 2 nitrogen and oxygen atoms in total. The Labute approximate surface area is 81.3 Å². The van der Waals surface area contributed by atoms with E-state index in [0.717, 1.165) is 26.3 Å². The molecule has 0 aromatic heterocycles. The van der Waals surface area contributed by atoms with Gasteiger partial charge >= 0.3 is 0 Å². The summed E-state index contributed by atoms with van der Waals surface area (Å²) in [5.74, 6) is 0. The lowest BCUT2D eigenvalue weighted by atomic mass is 9.82. The van der Waals surface area contributed by atoms with Crippen molar-refractivity contribution >= 4 is 0 Å². The Hall–Kier alpha value is -0.0800. The molecule has 0 bridgehead atoms. The number of rotatable bonds is 1. The summed E-state index contributed by atoms with van der Waals surface area (Å²) >= 11 is 0. The summed E-state index contributed by atoms with van der Waals surface area (Å²) in [5, 5.41) is 0. The molecular formula is C11H21NO. The number of ether oxygens (including phenoxy) is 1. The second-order valence-corrected chi connectivity index (χ2v) is 5.38. The fourth-order valence-electron chi connectivity index (χ4n) is 2.65. The molecular weight excluding hydrogens is 162 g/mol. The molecule has 2 rings (SSSR count). The van der Waals surface area contributed by atoms with Gasteiger partial charge in [-0.05, 0) is 18.3 Å². The highest BCUT2D eigenvalue weighted by atomic mass is 16.5. The van der Waals surface area contributed by atoms with E-state index in [1.807, 2.05) is 0 Å². The van der Waals surface area contributed by atoms with E-state index < -0.39 is 0 Å². The van der Waals surface area contributed by atoms with E-state index in [4.69, 9.17) is 4.74 Å². The summed E-state index contributed by atoms with van der Waals surface area (Å²) < 4.78 is 5.39. The van der Waals surface area contributed by atoms with Crippen LogP contribution in [-0.4, -0.2) is 36.7 Å². The molecule has 1 saturated carbocycles. The third-order valence-corrected chi connectivity index (χ3v) is 3.74. The quantitative estimate of drug-likeness (QED) is 0.615. The molecule has 0 radical (unpaired) electrons. The zero-order chi connectivity index (χ0) is 9.53. The fraction of sp³-hybridized carbons (Fsp3) is 1.00. The number of hydrogen-bond acceptors (Lipinski definition) is 2. The lowest BCUT2D eigenvalue weighted by molar-refractivity contribution is -0.0215. The highest BCUT2D eigenvalue weighted by molar-refractivity contribution is 5.11. The van der Waals surface area contributed by atoms with Crippen molar-refractivity contribution in [3.05, 3.63) is 0 Å². The Balaban J connectivity index is 2.06. The summed E-state index contributed by atoms with van der Waals surface area (Å²) in [5.41, 5.74) is 0.946. The molecule has 2 aliphatic rings. The molecule has 1 heterocycles. The topological polar surface area (TPSA) is 12.5 Å². The van der Waals surface area contributed by atoms with Gasteiger partial charge in [0.1, 0.15) is 0 Å². The van der Waals surface area contributed by atoms with E-state index in [2.05, 4.69) is 25.7 Å².